The lowest BCUT2D eigenvalue weighted by molar-refractivity contribution is -0.115. The Balaban J connectivity index is 1.27. The van der Waals surface area contributed by atoms with Crippen LogP contribution in [0.4, 0.5) is 10.2 Å². The lowest BCUT2D eigenvalue weighted by atomic mass is 9.75. The maximum Gasteiger partial charge on any atom is 0.319 e. The smallest absolute Gasteiger partial charge is 0.319 e. The van der Waals surface area contributed by atoms with Crippen molar-refractivity contribution >= 4 is 39.2 Å². The summed E-state index contributed by atoms with van der Waals surface area (Å²) in [5, 5.41) is 19.6. The number of likely N-dealkylation sites (tertiary alicyclic amines) is 1. The number of nitrogens with one attached hydrogen (secondary N) is 1. The number of hydrogen-bond acceptors (Lipinski definition) is 11. The van der Waals surface area contributed by atoms with Crippen molar-refractivity contribution in [3.63, 3.8) is 0 Å². The summed E-state index contributed by atoms with van der Waals surface area (Å²) in [5.41, 5.74) is 0.619. The van der Waals surface area contributed by atoms with Gasteiger partial charge in [-0.1, -0.05) is 18.0 Å². The third kappa shape index (κ3) is 5.34. The highest BCUT2D eigenvalue weighted by atomic mass is 35.5. The van der Waals surface area contributed by atoms with E-state index < -0.39 is 11.4 Å². The molecule has 0 radical (unpaired) electrons. The Bertz CT molecular complexity index is 1870. The monoisotopic (exact) mass is 681 g/mol. The predicted molar refractivity (Wildman–Crippen MR) is 178 cm³/mol. The van der Waals surface area contributed by atoms with Crippen LogP contribution in [0.15, 0.2) is 12.3 Å². The van der Waals surface area contributed by atoms with Gasteiger partial charge in [0.1, 0.15) is 28.0 Å². The first-order valence-electron chi connectivity index (χ1n) is 16.8. The number of nitrogens with zero attached hydrogens (tertiary/aromatic N) is 6. The van der Waals surface area contributed by atoms with Crippen molar-refractivity contribution in [1.82, 2.24) is 30.0 Å². The zero-order chi connectivity index (χ0) is 33.2. The van der Waals surface area contributed by atoms with E-state index in [4.69, 9.17) is 45.5 Å². The molecule has 3 atom stereocenters. The summed E-state index contributed by atoms with van der Waals surface area (Å²) in [6, 6.07) is 2.69. The quantitative estimate of drug-likeness (QED) is 0.282. The van der Waals surface area contributed by atoms with Crippen LogP contribution < -0.4 is 14.4 Å². The number of rotatable bonds is 7. The van der Waals surface area contributed by atoms with E-state index in [1.807, 2.05) is 11.8 Å². The van der Waals surface area contributed by atoms with Crippen molar-refractivity contribution in [2.75, 3.05) is 64.7 Å². The van der Waals surface area contributed by atoms with E-state index >= 15 is 4.39 Å². The number of piperidine rings is 1. The van der Waals surface area contributed by atoms with Gasteiger partial charge in [0.2, 0.25) is 5.88 Å². The average Bonchev–Trinajstić information content (AvgIpc) is 3.65. The summed E-state index contributed by atoms with van der Waals surface area (Å²) in [5.74, 6) is -0.149. The van der Waals surface area contributed by atoms with E-state index in [-0.39, 0.29) is 47.1 Å². The van der Waals surface area contributed by atoms with Gasteiger partial charge in [-0.25, -0.2) is 9.37 Å². The van der Waals surface area contributed by atoms with Crippen molar-refractivity contribution < 1.29 is 28.4 Å². The molecule has 0 bridgehead atoms. The van der Waals surface area contributed by atoms with Crippen LogP contribution in [0, 0.1) is 18.2 Å². The van der Waals surface area contributed by atoms with Crippen LogP contribution in [0.1, 0.15) is 44.6 Å². The Morgan fingerprint density at radius 1 is 1.17 bits per heavy atom. The number of methoxy groups -OCH3 is 1. The van der Waals surface area contributed by atoms with Crippen molar-refractivity contribution in [2.24, 2.45) is 5.41 Å². The van der Waals surface area contributed by atoms with Crippen LogP contribution in [0.25, 0.3) is 33.1 Å². The second-order valence-corrected chi connectivity index (χ2v) is 14.5. The number of aromatic amines is 1. The zero-order valence-electron chi connectivity index (χ0n) is 27.5. The first-order valence-corrected chi connectivity index (χ1v) is 17.1. The SMILES string of the molecule is COc1nc(-c2c(C)c(Cl)cc3[nH]ncc23)c(F)c2nc(OC[C@]34CCC[C@H]3N(C3COC3)CCC4)nc(N3CCOC[C@@](C)(O)C3)c12. The molecule has 0 amide bonds. The summed E-state index contributed by atoms with van der Waals surface area (Å²) in [6.45, 7) is 7.69. The minimum Gasteiger partial charge on any atom is -0.480 e. The van der Waals surface area contributed by atoms with Gasteiger partial charge in [0.15, 0.2) is 5.82 Å². The molecule has 3 saturated heterocycles. The van der Waals surface area contributed by atoms with Crippen LogP contribution >= 0.6 is 11.6 Å². The van der Waals surface area contributed by atoms with Gasteiger partial charge >= 0.3 is 6.01 Å². The zero-order valence-corrected chi connectivity index (χ0v) is 28.3. The molecule has 4 aromatic rings. The molecule has 12 nitrogen and oxygen atoms in total. The van der Waals surface area contributed by atoms with Gasteiger partial charge in [-0.3, -0.25) is 10.00 Å². The Hall–Kier alpha value is -3.36. The van der Waals surface area contributed by atoms with Crippen LogP contribution in [0.2, 0.25) is 5.02 Å². The van der Waals surface area contributed by atoms with Gasteiger partial charge in [0, 0.05) is 34.0 Å². The van der Waals surface area contributed by atoms with Crippen LogP contribution in [-0.2, 0) is 9.47 Å². The van der Waals surface area contributed by atoms with Crippen molar-refractivity contribution in [2.45, 2.75) is 63.6 Å². The fourth-order valence-electron chi connectivity index (χ4n) is 8.36. The number of fused-ring (bicyclic) bond motifs is 3. The molecular formula is C34H41ClFN7O5. The average molecular weight is 682 g/mol. The second kappa shape index (κ2) is 12.2. The number of β-amino-alcohol motifs (C(OH)–C–C–N with tert-alkyl or cyclic N) is 1. The van der Waals surface area contributed by atoms with Gasteiger partial charge < -0.3 is 29.0 Å². The van der Waals surface area contributed by atoms with Gasteiger partial charge in [0.25, 0.3) is 0 Å². The summed E-state index contributed by atoms with van der Waals surface area (Å²) in [7, 11) is 1.49. The number of hydrogen-bond donors (Lipinski definition) is 2. The molecular weight excluding hydrogens is 641 g/mol. The predicted octanol–water partition coefficient (Wildman–Crippen LogP) is 4.68. The lowest BCUT2D eigenvalue weighted by Crippen LogP contribution is -2.60. The normalized spacial score (nSPS) is 26.9. The number of H-pyrrole nitrogens is 1. The van der Waals surface area contributed by atoms with E-state index in [9.17, 15) is 5.11 Å². The Morgan fingerprint density at radius 3 is 2.79 bits per heavy atom. The molecule has 1 aromatic carbocycles. The molecule has 4 aliphatic rings. The molecule has 256 valence electrons. The third-order valence-corrected chi connectivity index (χ3v) is 11.2. The number of aromatic nitrogens is 5. The van der Waals surface area contributed by atoms with E-state index in [0.717, 1.165) is 51.9 Å². The second-order valence-electron chi connectivity index (χ2n) is 14.1. The molecule has 2 N–H and O–H groups in total. The Kier molecular flexibility index (Phi) is 8.10. The maximum absolute atomic E-state index is 17.1. The molecule has 14 heteroatoms. The summed E-state index contributed by atoms with van der Waals surface area (Å²) < 4.78 is 40.8. The highest BCUT2D eigenvalue weighted by molar-refractivity contribution is 6.33. The largest absolute Gasteiger partial charge is 0.480 e. The fraction of sp³-hybridized carbons (Fsp3) is 0.588. The van der Waals surface area contributed by atoms with Crippen LogP contribution in [0.3, 0.4) is 0 Å². The van der Waals surface area contributed by atoms with Gasteiger partial charge in [-0.15, -0.1) is 0 Å². The Labute approximate surface area is 282 Å². The van der Waals surface area contributed by atoms with Crippen molar-refractivity contribution in [3.05, 3.63) is 28.7 Å². The first-order chi connectivity index (χ1) is 23.2. The number of aliphatic hydroxyl groups is 1. The first kappa shape index (κ1) is 31.9. The molecule has 1 aliphatic carbocycles. The minimum absolute atomic E-state index is 0.00929. The molecule has 0 spiro atoms. The number of halogens is 2. The number of ether oxygens (including phenoxy) is 4. The fourth-order valence-corrected chi connectivity index (χ4v) is 8.56. The highest BCUT2D eigenvalue weighted by Gasteiger charge is 2.51. The number of benzene rings is 1. The van der Waals surface area contributed by atoms with E-state index in [1.165, 1.54) is 7.11 Å². The topological polar surface area (TPSA) is 131 Å². The number of pyridine rings is 1. The molecule has 8 rings (SSSR count). The van der Waals surface area contributed by atoms with E-state index in [0.29, 0.717) is 64.7 Å². The minimum atomic E-state index is -1.18. The van der Waals surface area contributed by atoms with Crippen molar-refractivity contribution in [1.29, 1.82) is 0 Å². The van der Waals surface area contributed by atoms with Gasteiger partial charge in [-0.05, 0) is 57.7 Å². The molecule has 6 heterocycles. The molecule has 3 aliphatic heterocycles. The Morgan fingerprint density at radius 2 is 2.00 bits per heavy atom. The lowest BCUT2D eigenvalue weighted by Gasteiger charge is -2.51. The van der Waals surface area contributed by atoms with E-state index in [1.54, 1.807) is 19.2 Å². The van der Waals surface area contributed by atoms with Gasteiger partial charge in [-0.2, -0.15) is 15.1 Å². The maximum atomic E-state index is 17.1. The van der Waals surface area contributed by atoms with Crippen LogP contribution in [0.5, 0.6) is 11.9 Å². The molecule has 0 unspecified atom stereocenters. The molecule has 1 saturated carbocycles. The van der Waals surface area contributed by atoms with E-state index in [2.05, 4.69) is 15.1 Å². The van der Waals surface area contributed by atoms with Crippen LogP contribution in [-0.4, -0.2) is 113 Å². The standard InChI is InChI=1S/C34H41ClFN7O5/c1-19-22(35)12-23-21(13-37-41-23)25(19)28-27(36)29-26(31(38-28)45-3)30(42-10-11-46-17-33(2,44)16-42)40-32(39-29)48-18-34-7-4-6-24(34)43(9-5-8-34)20-14-47-15-20/h12-13,20,24,44H,4-11,14-18H2,1-3H3,(H,37,41)/t24-,33+,34-/m1/s1. The summed E-state index contributed by atoms with van der Waals surface area (Å²) >= 11 is 6.61. The van der Waals surface area contributed by atoms with Crippen molar-refractivity contribution in [3.8, 4) is 23.1 Å². The molecule has 3 aromatic heterocycles. The highest BCUT2D eigenvalue weighted by Crippen LogP contribution is 2.49. The van der Waals surface area contributed by atoms with Gasteiger partial charge in [0.05, 0.1) is 64.4 Å². The third-order valence-electron chi connectivity index (χ3n) is 10.8. The summed E-state index contributed by atoms with van der Waals surface area (Å²) in [4.78, 5) is 18.9. The number of anilines is 1. The summed E-state index contributed by atoms with van der Waals surface area (Å²) in [6.07, 6.45) is 7.08. The molecule has 4 fully saturated rings. The molecule has 48 heavy (non-hydrogen) atoms.